The van der Waals surface area contributed by atoms with Crippen LogP contribution in [0.1, 0.15) is 33.1 Å². The molecule has 2 aliphatic rings. The highest BCUT2D eigenvalue weighted by Crippen LogP contribution is 2.61. The van der Waals surface area contributed by atoms with Crippen LogP contribution < -0.4 is 5.14 Å². The summed E-state index contributed by atoms with van der Waals surface area (Å²) in [7, 11) is -3.78. The molecule has 2 bridgehead atoms. The van der Waals surface area contributed by atoms with Crippen LogP contribution in [0.4, 0.5) is 0 Å². The second-order valence-corrected chi connectivity index (χ2v) is 6.74. The first-order valence-electron chi connectivity index (χ1n) is 4.79. The number of sulfonamides is 1. The van der Waals surface area contributed by atoms with Gasteiger partial charge in [-0.3, -0.25) is 4.79 Å². The fourth-order valence-corrected chi connectivity index (χ4v) is 5.01. The van der Waals surface area contributed by atoms with Crippen molar-refractivity contribution in [3.8, 4) is 0 Å². The molecular formula is C9H15NO3S. The van der Waals surface area contributed by atoms with Crippen LogP contribution in [-0.2, 0) is 14.8 Å². The molecule has 0 radical (unpaired) electrons. The van der Waals surface area contributed by atoms with E-state index >= 15 is 0 Å². The molecule has 14 heavy (non-hydrogen) atoms. The standard InChI is InChI=1S/C9H15NO3S/c1-8(2)6-3-4-9(8,7(11)5-6)14(10,12)13/h6H,3-5H2,1-2H3,(H2,10,12,13). The predicted octanol–water partition coefficient (Wildman–Crippen LogP) is 0.423. The van der Waals surface area contributed by atoms with Crippen molar-refractivity contribution in [2.45, 2.75) is 37.9 Å². The molecule has 2 fully saturated rings. The first-order chi connectivity index (χ1) is 6.23. The molecule has 80 valence electrons. The minimum absolute atomic E-state index is 0.179. The molecule has 2 saturated carbocycles. The van der Waals surface area contributed by atoms with Crippen LogP contribution >= 0.6 is 0 Å². The van der Waals surface area contributed by atoms with Gasteiger partial charge in [0.1, 0.15) is 4.75 Å². The molecule has 0 aliphatic heterocycles. The summed E-state index contributed by atoms with van der Waals surface area (Å²) in [6.07, 6.45) is 1.58. The van der Waals surface area contributed by atoms with Gasteiger partial charge in [-0.1, -0.05) is 13.8 Å². The Morgan fingerprint density at radius 3 is 2.21 bits per heavy atom. The van der Waals surface area contributed by atoms with E-state index in [0.717, 1.165) is 6.42 Å². The highest BCUT2D eigenvalue weighted by atomic mass is 32.2. The average Bonchev–Trinajstić information content (AvgIpc) is 2.34. The molecule has 2 N–H and O–H groups in total. The molecule has 2 unspecified atom stereocenters. The largest absolute Gasteiger partial charge is 0.298 e. The van der Waals surface area contributed by atoms with Gasteiger partial charge in [-0.25, -0.2) is 13.6 Å². The third-order valence-corrected chi connectivity index (χ3v) is 6.20. The summed E-state index contributed by atoms with van der Waals surface area (Å²) in [5, 5.41) is 5.23. The highest BCUT2D eigenvalue weighted by molar-refractivity contribution is 7.91. The molecule has 0 amide bonds. The summed E-state index contributed by atoms with van der Waals surface area (Å²) in [4.78, 5) is 11.8. The molecule has 0 heterocycles. The van der Waals surface area contributed by atoms with Crippen molar-refractivity contribution in [3.05, 3.63) is 0 Å². The zero-order valence-electron chi connectivity index (χ0n) is 8.41. The average molecular weight is 217 g/mol. The lowest BCUT2D eigenvalue weighted by Gasteiger charge is -2.33. The van der Waals surface area contributed by atoms with Crippen molar-refractivity contribution in [1.29, 1.82) is 0 Å². The molecule has 0 aromatic carbocycles. The smallest absolute Gasteiger partial charge is 0.222 e. The number of carbonyl (C=O) groups is 1. The van der Waals surface area contributed by atoms with Crippen LogP contribution in [0.3, 0.4) is 0 Å². The van der Waals surface area contributed by atoms with E-state index in [0.29, 0.717) is 12.8 Å². The summed E-state index contributed by atoms with van der Waals surface area (Å²) in [5.41, 5.74) is -0.488. The number of nitrogens with two attached hydrogens (primary N) is 1. The topological polar surface area (TPSA) is 77.2 Å². The maximum Gasteiger partial charge on any atom is 0.222 e. The number of ketones is 1. The Hall–Kier alpha value is -0.420. The predicted molar refractivity (Wildman–Crippen MR) is 52.0 cm³/mol. The molecule has 5 heteroatoms. The number of primary sulfonamides is 1. The summed E-state index contributed by atoms with van der Waals surface area (Å²) in [6.45, 7) is 3.69. The fourth-order valence-electron chi connectivity index (χ4n) is 3.30. The van der Waals surface area contributed by atoms with Crippen LogP contribution in [-0.4, -0.2) is 18.9 Å². The number of Topliss-reactive ketones (excluding diaryl/α,β-unsaturated/α-hetero) is 1. The van der Waals surface area contributed by atoms with Gasteiger partial charge in [-0.2, -0.15) is 0 Å². The van der Waals surface area contributed by atoms with Crippen molar-refractivity contribution in [2.24, 2.45) is 16.5 Å². The van der Waals surface area contributed by atoms with Gasteiger partial charge in [-0.05, 0) is 24.2 Å². The Morgan fingerprint density at radius 2 is 2.00 bits per heavy atom. The van der Waals surface area contributed by atoms with Gasteiger partial charge in [0.25, 0.3) is 0 Å². The van der Waals surface area contributed by atoms with E-state index in [2.05, 4.69) is 0 Å². The van der Waals surface area contributed by atoms with Crippen molar-refractivity contribution in [3.63, 3.8) is 0 Å². The molecule has 2 atom stereocenters. The Bertz CT molecular complexity index is 398. The van der Waals surface area contributed by atoms with Gasteiger partial charge < -0.3 is 0 Å². The highest BCUT2D eigenvalue weighted by Gasteiger charge is 2.70. The van der Waals surface area contributed by atoms with E-state index in [-0.39, 0.29) is 11.7 Å². The van der Waals surface area contributed by atoms with E-state index in [9.17, 15) is 13.2 Å². The summed E-state index contributed by atoms with van der Waals surface area (Å²) in [5.74, 6) is 0.00887. The number of fused-ring (bicyclic) bond motifs is 2. The van der Waals surface area contributed by atoms with Gasteiger partial charge in [-0.15, -0.1) is 0 Å². The lowest BCUT2D eigenvalue weighted by Crippen LogP contribution is -2.53. The molecular weight excluding hydrogens is 202 g/mol. The van der Waals surface area contributed by atoms with Crippen molar-refractivity contribution < 1.29 is 13.2 Å². The van der Waals surface area contributed by atoms with Crippen LogP contribution in [0.15, 0.2) is 0 Å². The quantitative estimate of drug-likeness (QED) is 0.691. The van der Waals surface area contributed by atoms with Crippen molar-refractivity contribution in [1.82, 2.24) is 0 Å². The molecule has 0 aromatic rings. The molecule has 0 spiro atoms. The molecule has 0 saturated heterocycles. The zero-order valence-corrected chi connectivity index (χ0v) is 9.23. The number of carbonyl (C=O) groups excluding carboxylic acids is 1. The van der Waals surface area contributed by atoms with Crippen LogP contribution in [0.2, 0.25) is 0 Å². The fraction of sp³-hybridized carbons (Fsp3) is 0.889. The lowest BCUT2D eigenvalue weighted by atomic mass is 9.81. The summed E-state index contributed by atoms with van der Waals surface area (Å²) in [6, 6.07) is 0. The monoisotopic (exact) mass is 217 g/mol. The van der Waals surface area contributed by atoms with E-state index < -0.39 is 20.2 Å². The first-order valence-corrected chi connectivity index (χ1v) is 6.34. The van der Waals surface area contributed by atoms with E-state index in [1.165, 1.54) is 0 Å². The van der Waals surface area contributed by atoms with Gasteiger partial charge in [0, 0.05) is 6.42 Å². The minimum atomic E-state index is -3.78. The number of hydrogen-bond acceptors (Lipinski definition) is 3. The van der Waals surface area contributed by atoms with E-state index in [1.807, 2.05) is 13.8 Å². The van der Waals surface area contributed by atoms with Crippen LogP contribution in [0.5, 0.6) is 0 Å². The Labute approximate surface area is 83.9 Å². The summed E-state index contributed by atoms with van der Waals surface area (Å²) >= 11 is 0. The Morgan fingerprint density at radius 1 is 1.43 bits per heavy atom. The summed E-state index contributed by atoms with van der Waals surface area (Å²) < 4.78 is 21.9. The minimum Gasteiger partial charge on any atom is -0.298 e. The normalized spacial score (nSPS) is 40.5. The molecule has 2 rings (SSSR count). The second kappa shape index (κ2) is 2.39. The number of hydrogen-bond donors (Lipinski definition) is 1. The molecule has 4 nitrogen and oxygen atoms in total. The van der Waals surface area contributed by atoms with Crippen LogP contribution in [0.25, 0.3) is 0 Å². The first kappa shape index (κ1) is 10.1. The lowest BCUT2D eigenvalue weighted by molar-refractivity contribution is -0.121. The third-order valence-electron chi connectivity index (χ3n) is 4.27. The zero-order chi connectivity index (χ0) is 10.8. The Balaban J connectivity index is 2.68. The van der Waals surface area contributed by atoms with Gasteiger partial charge in [0.15, 0.2) is 5.78 Å². The SMILES string of the molecule is CC1(C)C2CCC1(S(N)(=O)=O)C(=O)C2. The molecule has 0 aromatic heterocycles. The van der Waals surface area contributed by atoms with Gasteiger partial charge in [0.05, 0.1) is 0 Å². The van der Waals surface area contributed by atoms with Crippen molar-refractivity contribution in [2.75, 3.05) is 0 Å². The third kappa shape index (κ3) is 0.827. The molecule has 2 aliphatic carbocycles. The second-order valence-electron chi connectivity index (χ2n) is 4.96. The van der Waals surface area contributed by atoms with E-state index in [4.69, 9.17) is 5.14 Å². The van der Waals surface area contributed by atoms with E-state index in [1.54, 1.807) is 0 Å². The van der Waals surface area contributed by atoms with Crippen molar-refractivity contribution >= 4 is 15.8 Å². The maximum atomic E-state index is 11.8. The Kier molecular flexibility index (Phi) is 1.72. The van der Waals surface area contributed by atoms with Crippen LogP contribution in [0, 0.1) is 11.3 Å². The maximum absolute atomic E-state index is 11.8. The van der Waals surface area contributed by atoms with Gasteiger partial charge >= 0.3 is 0 Å². The number of rotatable bonds is 1. The van der Waals surface area contributed by atoms with Gasteiger partial charge in [0.2, 0.25) is 10.0 Å².